The molecule has 1 aliphatic carbocycles. The highest BCUT2D eigenvalue weighted by Gasteiger charge is 2.20. The lowest BCUT2D eigenvalue weighted by Crippen LogP contribution is -2.35. The molecule has 0 unspecified atom stereocenters. The van der Waals surface area contributed by atoms with E-state index in [9.17, 15) is 4.79 Å². The summed E-state index contributed by atoms with van der Waals surface area (Å²) in [5.41, 5.74) is 6.71. The molecule has 6 heteroatoms. The minimum Gasteiger partial charge on any atom is -0.379 e. The molecule has 1 fully saturated rings. The van der Waals surface area contributed by atoms with Gasteiger partial charge in [0.2, 0.25) is 0 Å². The first-order chi connectivity index (χ1) is 13.8. The zero-order valence-corrected chi connectivity index (χ0v) is 16.3. The van der Waals surface area contributed by atoms with Crippen LogP contribution in [0, 0.1) is 0 Å². The molecule has 0 saturated carbocycles. The molecule has 142 valence electrons. The first kappa shape index (κ1) is 17.6. The summed E-state index contributed by atoms with van der Waals surface area (Å²) in [6.45, 7) is 4.20. The first-order valence-electron chi connectivity index (χ1n) is 9.53. The lowest BCUT2D eigenvalue weighted by Gasteiger charge is -2.25. The number of nitrogens with one attached hydrogen (secondary N) is 1. The van der Waals surface area contributed by atoms with E-state index in [1.54, 1.807) is 0 Å². The predicted molar refractivity (Wildman–Crippen MR) is 111 cm³/mol. The molecule has 2 aliphatic rings. The van der Waals surface area contributed by atoms with Gasteiger partial charge in [-0.05, 0) is 40.8 Å². The van der Waals surface area contributed by atoms with Crippen molar-refractivity contribution in [2.75, 3.05) is 31.6 Å². The Bertz CT molecular complexity index is 1020. The summed E-state index contributed by atoms with van der Waals surface area (Å²) < 4.78 is 5.38. The standard InChI is InChI=1S/C22H21N3O2S/c26-21(24-22-23-18(14-28-22)13-25-7-9-27-10-8-25)16-5-6-20-17(12-16)11-15-3-1-2-4-19(15)20/h1-6,12,14H,7-11,13H2,(H,23,24,26). The molecule has 1 aromatic heterocycles. The predicted octanol–water partition coefficient (Wildman–Crippen LogP) is 3.80. The van der Waals surface area contributed by atoms with Crippen LogP contribution in [0.2, 0.25) is 0 Å². The van der Waals surface area contributed by atoms with Gasteiger partial charge in [-0.25, -0.2) is 4.98 Å². The van der Waals surface area contributed by atoms with Gasteiger partial charge in [-0.3, -0.25) is 15.0 Å². The van der Waals surface area contributed by atoms with Crippen molar-refractivity contribution in [2.45, 2.75) is 13.0 Å². The summed E-state index contributed by atoms with van der Waals surface area (Å²) in [6.07, 6.45) is 0.883. The van der Waals surface area contributed by atoms with E-state index in [1.165, 1.54) is 33.6 Å². The van der Waals surface area contributed by atoms with Gasteiger partial charge < -0.3 is 4.74 Å². The topological polar surface area (TPSA) is 54.5 Å². The van der Waals surface area contributed by atoms with Crippen LogP contribution in [0.1, 0.15) is 27.2 Å². The van der Waals surface area contributed by atoms with Gasteiger partial charge in [0, 0.05) is 30.6 Å². The number of carbonyl (C=O) groups is 1. The largest absolute Gasteiger partial charge is 0.379 e. The van der Waals surface area contributed by atoms with Crippen LogP contribution in [0.5, 0.6) is 0 Å². The van der Waals surface area contributed by atoms with Crippen LogP contribution in [0.3, 0.4) is 0 Å². The fourth-order valence-corrected chi connectivity index (χ4v) is 4.58. The molecule has 2 aromatic carbocycles. The zero-order chi connectivity index (χ0) is 18.9. The van der Waals surface area contributed by atoms with Gasteiger partial charge in [0.1, 0.15) is 0 Å². The highest BCUT2D eigenvalue weighted by atomic mass is 32.1. The Kier molecular flexibility index (Phi) is 4.68. The number of fused-ring (bicyclic) bond motifs is 3. The highest BCUT2D eigenvalue weighted by Crippen LogP contribution is 2.36. The number of anilines is 1. The highest BCUT2D eigenvalue weighted by molar-refractivity contribution is 7.14. The number of aromatic nitrogens is 1. The van der Waals surface area contributed by atoms with Crippen LogP contribution in [-0.2, 0) is 17.7 Å². The van der Waals surface area contributed by atoms with Gasteiger partial charge in [-0.1, -0.05) is 30.3 Å². The molecular weight excluding hydrogens is 370 g/mol. The number of ether oxygens (including phenoxy) is 1. The van der Waals surface area contributed by atoms with Crippen LogP contribution < -0.4 is 5.32 Å². The number of hydrogen-bond donors (Lipinski definition) is 1. The molecule has 0 atom stereocenters. The Morgan fingerprint density at radius 3 is 2.82 bits per heavy atom. The Morgan fingerprint density at radius 1 is 1.11 bits per heavy atom. The third-order valence-corrected chi connectivity index (χ3v) is 6.12. The van der Waals surface area contributed by atoms with Gasteiger partial charge >= 0.3 is 0 Å². The van der Waals surface area contributed by atoms with Crippen LogP contribution in [0.25, 0.3) is 11.1 Å². The number of thiazole rings is 1. The minimum absolute atomic E-state index is 0.106. The Balaban J connectivity index is 1.27. The zero-order valence-electron chi connectivity index (χ0n) is 15.5. The first-order valence-corrected chi connectivity index (χ1v) is 10.4. The SMILES string of the molecule is O=C(Nc1nc(CN2CCOCC2)cs1)c1ccc2c(c1)Cc1ccccc1-2. The Morgan fingerprint density at radius 2 is 1.93 bits per heavy atom. The number of nitrogens with zero attached hydrogens (tertiary/aromatic N) is 2. The molecule has 2 heterocycles. The molecule has 0 bridgehead atoms. The summed E-state index contributed by atoms with van der Waals surface area (Å²) in [7, 11) is 0. The summed E-state index contributed by atoms with van der Waals surface area (Å²) >= 11 is 1.48. The van der Waals surface area contributed by atoms with E-state index in [1.807, 2.05) is 17.5 Å². The summed E-state index contributed by atoms with van der Waals surface area (Å²) in [4.78, 5) is 19.6. The normalized spacial score (nSPS) is 15.9. The van der Waals surface area contributed by atoms with Crippen molar-refractivity contribution in [3.63, 3.8) is 0 Å². The fourth-order valence-electron chi connectivity index (χ4n) is 3.88. The van der Waals surface area contributed by atoms with Crippen molar-refractivity contribution in [3.05, 3.63) is 70.2 Å². The molecule has 1 amide bonds. The number of carbonyl (C=O) groups excluding carboxylic acids is 1. The minimum atomic E-state index is -0.106. The van der Waals surface area contributed by atoms with Crippen LogP contribution in [-0.4, -0.2) is 42.1 Å². The maximum absolute atomic E-state index is 12.7. The Hall–Kier alpha value is -2.54. The molecule has 0 spiro atoms. The van der Waals surface area contributed by atoms with E-state index in [0.717, 1.165) is 45.0 Å². The van der Waals surface area contributed by atoms with Crippen molar-refractivity contribution in [1.82, 2.24) is 9.88 Å². The average Bonchev–Trinajstić information content (AvgIpc) is 3.32. The molecule has 5 rings (SSSR count). The van der Waals surface area contributed by atoms with Gasteiger partial charge in [0.25, 0.3) is 5.91 Å². The second kappa shape index (κ2) is 7.47. The molecule has 0 radical (unpaired) electrons. The third kappa shape index (κ3) is 3.46. The van der Waals surface area contributed by atoms with E-state index in [2.05, 4.69) is 45.5 Å². The van der Waals surface area contributed by atoms with Crippen LogP contribution >= 0.6 is 11.3 Å². The lowest BCUT2D eigenvalue weighted by molar-refractivity contribution is 0.0337. The summed E-state index contributed by atoms with van der Waals surface area (Å²) in [5.74, 6) is -0.106. The Labute approximate surface area is 168 Å². The molecule has 3 aromatic rings. The number of rotatable bonds is 4. The average molecular weight is 391 g/mol. The van der Waals surface area contributed by atoms with Crippen LogP contribution in [0.4, 0.5) is 5.13 Å². The van der Waals surface area contributed by atoms with E-state index in [-0.39, 0.29) is 5.91 Å². The van der Waals surface area contributed by atoms with Crippen LogP contribution in [0.15, 0.2) is 47.8 Å². The number of hydrogen-bond acceptors (Lipinski definition) is 5. The van der Waals surface area contributed by atoms with E-state index in [0.29, 0.717) is 10.7 Å². The molecule has 1 N–H and O–H groups in total. The van der Waals surface area contributed by atoms with E-state index < -0.39 is 0 Å². The second-order valence-electron chi connectivity index (χ2n) is 7.19. The van der Waals surface area contributed by atoms with E-state index in [4.69, 9.17) is 4.74 Å². The fraction of sp³-hybridized carbons (Fsp3) is 0.273. The number of benzene rings is 2. The van der Waals surface area contributed by atoms with Gasteiger partial charge in [0.15, 0.2) is 5.13 Å². The number of amides is 1. The quantitative estimate of drug-likeness (QED) is 0.575. The molecule has 5 nitrogen and oxygen atoms in total. The summed E-state index contributed by atoms with van der Waals surface area (Å²) in [6, 6.07) is 14.4. The molecule has 1 saturated heterocycles. The maximum atomic E-state index is 12.7. The van der Waals surface area contributed by atoms with Gasteiger partial charge in [-0.2, -0.15) is 0 Å². The van der Waals surface area contributed by atoms with Crippen molar-refractivity contribution < 1.29 is 9.53 Å². The molecule has 1 aliphatic heterocycles. The lowest BCUT2D eigenvalue weighted by atomic mass is 10.0. The van der Waals surface area contributed by atoms with Crippen molar-refractivity contribution in [1.29, 1.82) is 0 Å². The van der Waals surface area contributed by atoms with E-state index >= 15 is 0 Å². The monoisotopic (exact) mass is 391 g/mol. The smallest absolute Gasteiger partial charge is 0.257 e. The second-order valence-corrected chi connectivity index (χ2v) is 8.05. The molecular formula is C22H21N3O2S. The third-order valence-electron chi connectivity index (χ3n) is 5.32. The molecule has 28 heavy (non-hydrogen) atoms. The van der Waals surface area contributed by atoms with Crippen molar-refractivity contribution in [2.24, 2.45) is 0 Å². The maximum Gasteiger partial charge on any atom is 0.257 e. The summed E-state index contributed by atoms with van der Waals surface area (Å²) in [5, 5.41) is 5.62. The van der Waals surface area contributed by atoms with Crippen molar-refractivity contribution in [3.8, 4) is 11.1 Å². The van der Waals surface area contributed by atoms with Gasteiger partial charge in [-0.15, -0.1) is 11.3 Å². The number of morpholine rings is 1. The van der Waals surface area contributed by atoms with Crippen molar-refractivity contribution >= 4 is 22.4 Å². The van der Waals surface area contributed by atoms with Gasteiger partial charge in [0.05, 0.1) is 18.9 Å².